The number of aromatic nitrogens is 1. The van der Waals surface area contributed by atoms with Gasteiger partial charge >= 0.3 is 12.1 Å². The average molecular weight is 301 g/mol. The van der Waals surface area contributed by atoms with Crippen LogP contribution in [0, 0.1) is 0 Å². The maximum absolute atomic E-state index is 12.5. The summed E-state index contributed by atoms with van der Waals surface area (Å²) in [5.41, 5.74) is 2.42. The van der Waals surface area contributed by atoms with Crippen LogP contribution in [0.2, 0.25) is 0 Å². The van der Waals surface area contributed by atoms with Crippen molar-refractivity contribution in [3.8, 4) is 0 Å². The minimum Gasteiger partial charge on any atom is -0.478 e. The third-order valence-electron chi connectivity index (χ3n) is 3.84. The number of hydrogen-bond donors (Lipinski definition) is 1. The second kappa shape index (κ2) is 4.87. The number of carboxylic acids is 1. The molecule has 3 rings (SSSR count). The van der Waals surface area contributed by atoms with Crippen LogP contribution in [0.1, 0.15) is 48.8 Å². The topological polar surface area (TPSA) is 68.5 Å². The summed E-state index contributed by atoms with van der Waals surface area (Å²) in [5, 5.41) is 10.0. The highest BCUT2D eigenvalue weighted by Gasteiger charge is 2.28. The second-order valence-corrected chi connectivity index (χ2v) is 6.63. The van der Waals surface area contributed by atoms with E-state index in [4.69, 9.17) is 9.84 Å². The van der Waals surface area contributed by atoms with Crippen molar-refractivity contribution in [1.29, 1.82) is 0 Å². The van der Waals surface area contributed by atoms with E-state index in [-0.39, 0.29) is 5.56 Å². The lowest BCUT2D eigenvalue weighted by Gasteiger charge is -2.20. The first-order chi connectivity index (χ1) is 10.3. The molecule has 1 N–H and O–H groups in total. The smallest absolute Gasteiger partial charge is 0.419 e. The molecule has 0 aliphatic heterocycles. The fraction of sp³-hybridized carbons (Fsp3) is 0.412. The monoisotopic (exact) mass is 301 g/mol. The Morgan fingerprint density at radius 3 is 2.59 bits per heavy atom. The number of benzene rings is 1. The summed E-state index contributed by atoms with van der Waals surface area (Å²) in [4.78, 5) is 23.7. The molecule has 116 valence electrons. The summed E-state index contributed by atoms with van der Waals surface area (Å²) < 4.78 is 7.11. The number of carboxylic acid groups (broad SMARTS) is 1. The van der Waals surface area contributed by atoms with Crippen molar-refractivity contribution in [3.63, 3.8) is 0 Å². The number of hydrogen-bond acceptors (Lipinski definition) is 3. The van der Waals surface area contributed by atoms with Crippen molar-refractivity contribution in [2.75, 3.05) is 0 Å². The fourth-order valence-electron chi connectivity index (χ4n) is 3.03. The zero-order valence-corrected chi connectivity index (χ0v) is 13.0. The van der Waals surface area contributed by atoms with Crippen molar-refractivity contribution >= 4 is 23.0 Å². The zero-order valence-electron chi connectivity index (χ0n) is 13.0. The van der Waals surface area contributed by atoms with E-state index in [2.05, 4.69) is 0 Å². The van der Waals surface area contributed by atoms with Crippen LogP contribution < -0.4 is 0 Å². The van der Waals surface area contributed by atoms with E-state index in [9.17, 15) is 9.59 Å². The predicted molar refractivity (Wildman–Crippen MR) is 82.6 cm³/mol. The number of aromatic carboxylic acids is 1. The van der Waals surface area contributed by atoms with Gasteiger partial charge < -0.3 is 9.84 Å². The molecule has 0 saturated heterocycles. The third-order valence-corrected chi connectivity index (χ3v) is 3.84. The molecule has 5 heteroatoms. The summed E-state index contributed by atoms with van der Waals surface area (Å²) in [6.07, 6.45) is 2.25. The van der Waals surface area contributed by atoms with E-state index < -0.39 is 17.7 Å². The van der Waals surface area contributed by atoms with E-state index in [0.29, 0.717) is 0 Å². The normalized spacial score (nSPS) is 14.1. The van der Waals surface area contributed by atoms with Crippen molar-refractivity contribution < 1.29 is 19.4 Å². The zero-order chi connectivity index (χ0) is 16.1. The molecule has 0 spiro atoms. The van der Waals surface area contributed by atoms with Gasteiger partial charge in [0.05, 0.1) is 11.1 Å². The van der Waals surface area contributed by atoms with E-state index in [1.54, 1.807) is 16.7 Å². The molecule has 1 aromatic carbocycles. The highest BCUT2D eigenvalue weighted by Crippen LogP contribution is 2.34. The minimum absolute atomic E-state index is 0.239. The highest BCUT2D eigenvalue weighted by molar-refractivity contribution is 5.99. The molecule has 1 aliphatic rings. The molecule has 0 amide bonds. The van der Waals surface area contributed by atoms with Crippen molar-refractivity contribution in [3.05, 3.63) is 35.0 Å². The molecular weight excluding hydrogens is 282 g/mol. The Morgan fingerprint density at radius 2 is 1.95 bits per heavy atom. The summed E-state index contributed by atoms with van der Waals surface area (Å²) in [6, 6.07) is 4.88. The Kier molecular flexibility index (Phi) is 3.24. The van der Waals surface area contributed by atoms with Gasteiger partial charge in [-0.05, 0) is 63.8 Å². The van der Waals surface area contributed by atoms with Crippen LogP contribution in [0.5, 0.6) is 0 Å². The Balaban J connectivity index is 2.18. The van der Waals surface area contributed by atoms with Gasteiger partial charge in [-0.25, -0.2) is 14.2 Å². The predicted octanol–water partition coefficient (Wildman–Crippen LogP) is 3.61. The van der Waals surface area contributed by atoms with Gasteiger partial charge in [-0.1, -0.05) is 0 Å². The van der Waals surface area contributed by atoms with Gasteiger partial charge in [0, 0.05) is 11.1 Å². The summed E-state index contributed by atoms with van der Waals surface area (Å²) in [7, 11) is 0. The molecule has 0 fully saturated rings. The first kappa shape index (κ1) is 14.6. The number of nitrogens with zero attached hydrogens (tertiary/aromatic N) is 1. The van der Waals surface area contributed by atoms with Crippen LogP contribution in [0.4, 0.5) is 4.79 Å². The Hall–Kier alpha value is -2.30. The first-order valence-corrected chi connectivity index (χ1v) is 7.41. The fourth-order valence-corrected chi connectivity index (χ4v) is 3.03. The Morgan fingerprint density at radius 1 is 1.23 bits per heavy atom. The molecule has 5 nitrogen and oxygen atoms in total. The van der Waals surface area contributed by atoms with Crippen molar-refractivity contribution in [1.82, 2.24) is 4.57 Å². The Labute approximate surface area is 128 Å². The molecule has 0 unspecified atom stereocenters. The number of aryl methyl sites for hydroxylation is 1. The van der Waals surface area contributed by atoms with E-state index in [1.807, 2.05) is 20.8 Å². The minimum atomic E-state index is -0.960. The largest absolute Gasteiger partial charge is 0.478 e. The lowest BCUT2D eigenvalue weighted by atomic mass is 10.1. The maximum atomic E-state index is 12.5. The van der Waals surface area contributed by atoms with Gasteiger partial charge in [-0.3, -0.25) is 0 Å². The van der Waals surface area contributed by atoms with Crippen molar-refractivity contribution in [2.45, 2.75) is 45.6 Å². The number of carbonyl (C=O) groups is 2. The maximum Gasteiger partial charge on any atom is 0.419 e. The Bertz CT molecular complexity index is 780. The number of ether oxygens (including phenoxy) is 1. The van der Waals surface area contributed by atoms with Crippen LogP contribution in [-0.4, -0.2) is 27.3 Å². The molecule has 0 saturated carbocycles. The molecular formula is C17H19NO4. The summed E-state index contributed by atoms with van der Waals surface area (Å²) in [6.45, 7) is 5.50. The number of rotatable bonds is 1. The molecule has 1 aliphatic carbocycles. The molecule has 1 aromatic heterocycles. The summed E-state index contributed by atoms with van der Waals surface area (Å²) in [5.74, 6) is -0.960. The SMILES string of the molecule is CC(C)(C)OC(=O)n1c2c(c3cc(C(=O)O)ccc31)CCC2. The second-order valence-electron chi connectivity index (χ2n) is 6.63. The highest BCUT2D eigenvalue weighted by atomic mass is 16.6. The molecule has 0 radical (unpaired) electrons. The summed E-state index contributed by atoms with van der Waals surface area (Å²) >= 11 is 0. The van der Waals surface area contributed by atoms with Gasteiger partial charge in [-0.15, -0.1) is 0 Å². The van der Waals surface area contributed by atoms with E-state index >= 15 is 0 Å². The van der Waals surface area contributed by atoms with Gasteiger partial charge in [0.1, 0.15) is 5.60 Å². The van der Waals surface area contributed by atoms with Gasteiger partial charge in [0.15, 0.2) is 0 Å². The van der Waals surface area contributed by atoms with Crippen LogP contribution in [0.15, 0.2) is 18.2 Å². The van der Waals surface area contributed by atoms with E-state index in [1.165, 1.54) is 6.07 Å². The molecule has 1 heterocycles. The van der Waals surface area contributed by atoms with Crippen LogP contribution in [0.25, 0.3) is 10.9 Å². The van der Waals surface area contributed by atoms with Crippen LogP contribution in [-0.2, 0) is 17.6 Å². The van der Waals surface area contributed by atoms with E-state index in [0.717, 1.165) is 41.4 Å². The molecule has 0 atom stereocenters. The number of carbonyl (C=O) groups excluding carboxylic acids is 1. The quantitative estimate of drug-likeness (QED) is 0.873. The standard InChI is InChI=1S/C17H19NO4/c1-17(2,3)22-16(21)18-13-6-4-5-11(13)12-9-10(15(19)20)7-8-14(12)18/h7-9H,4-6H2,1-3H3,(H,19,20). The molecule has 2 aromatic rings. The van der Waals surface area contributed by atoms with Gasteiger partial charge in [0.25, 0.3) is 0 Å². The lowest BCUT2D eigenvalue weighted by molar-refractivity contribution is 0.0540. The molecule has 22 heavy (non-hydrogen) atoms. The van der Waals surface area contributed by atoms with Crippen LogP contribution >= 0.6 is 0 Å². The van der Waals surface area contributed by atoms with Gasteiger partial charge in [-0.2, -0.15) is 0 Å². The third kappa shape index (κ3) is 2.36. The number of fused-ring (bicyclic) bond motifs is 3. The average Bonchev–Trinajstić information content (AvgIpc) is 2.95. The first-order valence-electron chi connectivity index (χ1n) is 7.41. The van der Waals surface area contributed by atoms with Gasteiger partial charge in [0.2, 0.25) is 0 Å². The lowest BCUT2D eigenvalue weighted by Crippen LogP contribution is -2.27. The van der Waals surface area contributed by atoms with Crippen molar-refractivity contribution in [2.24, 2.45) is 0 Å². The van der Waals surface area contributed by atoms with Crippen LogP contribution in [0.3, 0.4) is 0 Å². The molecule has 0 bridgehead atoms.